The van der Waals surface area contributed by atoms with Gasteiger partial charge in [0, 0.05) is 15.6 Å². The lowest BCUT2D eigenvalue weighted by atomic mass is 10.0. The van der Waals surface area contributed by atoms with Gasteiger partial charge >= 0.3 is 5.97 Å². The minimum Gasteiger partial charge on any atom is -0.469 e. The first-order valence-electron chi connectivity index (χ1n) is 7.46. The highest BCUT2D eigenvalue weighted by molar-refractivity contribution is 6.31. The van der Waals surface area contributed by atoms with E-state index in [9.17, 15) is 14.0 Å². The lowest BCUT2D eigenvalue weighted by Gasteiger charge is -2.19. The van der Waals surface area contributed by atoms with Crippen molar-refractivity contribution in [3.05, 3.63) is 69.5 Å². The Labute approximate surface area is 154 Å². The number of rotatable bonds is 6. The van der Waals surface area contributed by atoms with Crippen LogP contribution in [0.1, 0.15) is 23.6 Å². The summed E-state index contributed by atoms with van der Waals surface area (Å²) in [6.45, 7) is 0. The number of methoxy groups -OCH3 is 1. The SMILES string of the molecule is COC(=O)C[C@H](NC(=O)Cc1c(F)cccc1Cl)c1ccccc1Cl. The molecule has 0 aliphatic carbocycles. The third-order valence-electron chi connectivity index (χ3n) is 3.61. The van der Waals surface area contributed by atoms with Crippen LogP contribution in [-0.4, -0.2) is 19.0 Å². The summed E-state index contributed by atoms with van der Waals surface area (Å²) < 4.78 is 18.5. The van der Waals surface area contributed by atoms with Gasteiger partial charge in [0.25, 0.3) is 0 Å². The van der Waals surface area contributed by atoms with Crippen molar-refractivity contribution in [2.24, 2.45) is 0 Å². The molecular formula is C18H16Cl2FNO3. The molecule has 0 spiro atoms. The third kappa shape index (κ3) is 5.18. The second kappa shape index (κ2) is 8.83. The van der Waals surface area contributed by atoms with E-state index in [1.54, 1.807) is 24.3 Å². The number of nitrogens with one attached hydrogen (secondary N) is 1. The summed E-state index contributed by atoms with van der Waals surface area (Å²) in [5.74, 6) is -1.56. The first-order chi connectivity index (χ1) is 11.9. The van der Waals surface area contributed by atoms with Gasteiger partial charge in [-0.3, -0.25) is 9.59 Å². The van der Waals surface area contributed by atoms with Crippen LogP contribution in [0.4, 0.5) is 4.39 Å². The number of amides is 1. The zero-order valence-corrected chi connectivity index (χ0v) is 14.9. The van der Waals surface area contributed by atoms with E-state index in [1.165, 1.54) is 25.3 Å². The number of esters is 1. The molecule has 1 atom stereocenters. The van der Waals surface area contributed by atoms with Gasteiger partial charge in [-0.1, -0.05) is 47.5 Å². The summed E-state index contributed by atoms with van der Waals surface area (Å²) in [5, 5.41) is 3.26. The predicted octanol–water partition coefficient (Wildman–Crippen LogP) is 4.10. The highest BCUT2D eigenvalue weighted by atomic mass is 35.5. The Balaban J connectivity index is 2.20. The standard InChI is InChI=1S/C18H16Cl2FNO3/c1-25-18(24)10-16(11-5-2-3-6-13(11)19)22-17(23)9-12-14(20)7-4-8-15(12)21/h2-8,16H,9-10H2,1H3,(H,22,23)/t16-/m0/s1. The Kier molecular flexibility index (Phi) is 6.79. The molecule has 7 heteroatoms. The molecule has 2 aromatic carbocycles. The molecule has 2 rings (SSSR count). The van der Waals surface area contributed by atoms with Crippen LogP contribution in [0.3, 0.4) is 0 Å². The van der Waals surface area contributed by atoms with Crippen LogP contribution in [0, 0.1) is 5.82 Å². The molecule has 0 bridgehead atoms. The number of ether oxygens (including phenoxy) is 1. The van der Waals surface area contributed by atoms with Gasteiger partial charge in [-0.15, -0.1) is 0 Å². The number of carbonyl (C=O) groups is 2. The molecule has 0 radical (unpaired) electrons. The topological polar surface area (TPSA) is 55.4 Å². The van der Waals surface area contributed by atoms with E-state index in [2.05, 4.69) is 10.1 Å². The quantitative estimate of drug-likeness (QED) is 0.764. The van der Waals surface area contributed by atoms with Crippen LogP contribution in [0.25, 0.3) is 0 Å². The summed E-state index contributed by atoms with van der Waals surface area (Å²) in [5.41, 5.74) is 0.667. The van der Waals surface area contributed by atoms with Gasteiger partial charge in [-0.25, -0.2) is 4.39 Å². The van der Waals surface area contributed by atoms with Crippen molar-refractivity contribution >= 4 is 35.1 Å². The minimum atomic E-state index is -0.695. The highest BCUT2D eigenvalue weighted by Gasteiger charge is 2.22. The Morgan fingerprint density at radius 2 is 1.80 bits per heavy atom. The summed E-state index contributed by atoms with van der Waals surface area (Å²) >= 11 is 12.1. The van der Waals surface area contributed by atoms with Gasteiger partial charge in [0.05, 0.1) is 26.0 Å². The first kappa shape index (κ1) is 19.2. The van der Waals surface area contributed by atoms with Gasteiger partial charge in [0.2, 0.25) is 5.91 Å². The summed E-state index contributed by atoms with van der Waals surface area (Å²) in [6, 6.07) is 10.3. The Bertz CT molecular complexity index is 762. The van der Waals surface area contributed by atoms with E-state index in [4.69, 9.17) is 23.2 Å². The molecule has 1 amide bonds. The Morgan fingerprint density at radius 1 is 1.12 bits per heavy atom. The van der Waals surface area contributed by atoms with Crippen LogP contribution >= 0.6 is 23.2 Å². The first-order valence-corrected chi connectivity index (χ1v) is 8.21. The van der Waals surface area contributed by atoms with E-state index in [1.807, 2.05) is 0 Å². The fraction of sp³-hybridized carbons (Fsp3) is 0.222. The molecule has 0 heterocycles. The lowest BCUT2D eigenvalue weighted by Crippen LogP contribution is -2.32. The van der Waals surface area contributed by atoms with Crippen molar-refractivity contribution in [3.63, 3.8) is 0 Å². The van der Waals surface area contributed by atoms with Crippen LogP contribution < -0.4 is 5.32 Å². The Morgan fingerprint density at radius 3 is 2.44 bits per heavy atom. The van der Waals surface area contributed by atoms with E-state index in [0.717, 1.165) is 0 Å². The molecule has 0 aliphatic heterocycles. The van der Waals surface area contributed by atoms with Gasteiger partial charge in [-0.2, -0.15) is 0 Å². The molecule has 0 saturated heterocycles. The molecule has 0 fully saturated rings. The highest BCUT2D eigenvalue weighted by Crippen LogP contribution is 2.26. The molecule has 4 nitrogen and oxygen atoms in total. The summed E-state index contributed by atoms with van der Waals surface area (Å²) in [7, 11) is 1.26. The number of hydrogen-bond acceptors (Lipinski definition) is 3. The van der Waals surface area contributed by atoms with Crippen molar-refractivity contribution in [1.82, 2.24) is 5.32 Å². The number of carbonyl (C=O) groups excluding carboxylic acids is 2. The van der Waals surface area contributed by atoms with Crippen LogP contribution in [0.5, 0.6) is 0 Å². The van der Waals surface area contributed by atoms with Gasteiger partial charge < -0.3 is 10.1 Å². The zero-order valence-electron chi connectivity index (χ0n) is 13.4. The van der Waals surface area contributed by atoms with Crippen molar-refractivity contribution in [2.45, 2.75) is 18.9 Å². The monoisotopic (exact) mass is 383 g/mol. The second-order valence-corrected chi connectivity index (χ2v) is 6.11. The Hall–Kier alpha value is -2.11. The van der Waals surface area contributed by atoms with Gasteiger partial charge in [-0.05, 0) is 23.8 Å². The smallest absolute Gasteiger partial charge is 0.307 e. The average Bonchev–Trinajstić information content (AvgIpc) is 2.58. The molecule has 0 aliphatic rings. The predicted molar refractivity (Wildman–Crippen MR) is 94.1 cm³/mol. The fourth-order valence-corrected chi connectivity index (χ4v) is 2.85. The van der Waals surface area contributed by atoms with Crippen molar-refractivity contribution in [1.29, 1.82) is 0 Å². The third-order valence-corrected chi connectivity index (χ3v) is 4.31. The van der Waals surface area contributed by atoms with E-state index in [0.29, 0.717) is 10.6 Å². The largest absolute Gasteiger partial charge is 0.469 e. The molecule has 0 unspecified atom stereocenters. The summed E-state index contributed by atoms with van der Waals surface area (Å²) in [4.78, 5) is 24.0. The molecule has 0 saturated carbocycles. The second-order valence-electron chi connectivity index (χ2n) is 5.30. The molecular weight excluding hydrogens is 368 g/mol. The normalized spacial score (nSPS) is 11.7. The van der Waals surface area contributed by atoms with Gasteiger partial charge in [0.15, 0.2) is 0 Å². The van der Waals surface area contributed by atoms with Crippen LogP contribution in [0.2, 0.25) is 10.0 Å². The maximum atomic E-state index is 13.8. The number of hydrogen-bond donors (Lipinski definition) is 1. The minimum absolute atomic E-state index is 0.0950. The maximum absolute atomic E-state index is 13.8. The molecule has 25 heavy (non-hydrogen) atoms. The van der Waals surface area contributed by atoms with Crippen LogP contribution in [-0.2, 0) is 20.7 Å². The molecule has 1 N–H and O–H groups in total. The van der Waals surface area contributed by atoms with Crippen molar-refractivity contribution < 1.29 is 18.7 Å². The van der Waals surface area contributed by atoms with Crippen LogP contribution in [0.15, 0.2) is 42.5 Å². The number of halogens is 3. The average molecular weight is 384 g/mol. The molecule has 2 aromatic rings. The molecule has 132 valence electrons. The maximum Gasteiger partial charge on any atom is 0.307 e. The number of benzene rings is 2. The van der Waals surface area contributed by atoms with Crippen molar-refractivity contribution in [3.8, 4) is 0 Å². The van der Waals surface area contributed by atoms with E-state index < -0.39 is 23.7 Å². The van der Waals surface area contributed by atoms with E-state index in [-0.39, 0.29) is 23.4 Å². The van der Waals surface area contributed by atoms with Crippen molar-refractivity contribution in [2.75, 3.05) is 7.11 Å². The van der Waals surface area contributed by atoms with Gasteiger partial charge in [0.1, 0.15) is 5.82 Å². The summed E-state index contributed by atoms with van der Waals surface area (Å²) in [6.07, 6.45) is -0.357. The van der Waals surface area contributed by atoms with E-state index >= 15 is 0 Å². The lowest BCUT2D eigenvalue weighted by molar-refractivity contribution is -0.141. The molecule has 0 aromatic heterocycles. The fourth-order valence-electron chi connectivity index (χ4n) is 2.35. The zero-order chi connectivity index (χ0) is 18.4.